The third kappa shape index (κ3) is 7.47. The monoisotopic (exact) mass is 503 g/mol. The Balaban J connectivity index is 2.17. The maximum atomic E-state index is 13.1. The van der Waals surface area contributed by atoms with E-state index in [4.69, 9.17) is 14.5 Å². The number of ether oxygens (including phenoxy) is 2. The number of carbonyl (C=O) groups is 2. The molecule has 1 amide bonds. The Morgan fingerprint density at radius 3 is 1.84 bits per heavy atom. The number of nitro groups is 1. The molecule has 0 saturated heterocycles. The summed E-state index contributed by atoms with van der Waals surface area (Å²) in [5, 5.41) is 13.9. The number of alkyl carbamates (subject to hydrolysis) is 1. The number of methoxy groups -OCH3 is 1. The Labute approximate surface area is 215 Å². The largest absolute Gasteiger partial charge is 0.467 e. The zero-order chi connectivity index (χ0) is 27.0. The summed E-state index contributed by atoms with van der Waals surface area (Å²) in [6.07, 6.45) is -0.777. The fraction of sp³-hybridized carbons (Fsp3) is 0.250. The third-order valence-electron chi connectivity index (χ3n) is 5.26. The van der Waals surface area contributed by atoms with Gasteiger partial charge in [-0.2, -0.15) is 0 Å². The van der Waals surface area contributed by atoms with Gasteiger partial charge in [0.15, 0.2) is 6.04 Å². The van der Waals surface area contributed by atoms with Crippen LogP contribution in [0.1, 0.15) is 43.5 Å². The van der Waals surface area contributed by atoms with E-state index in [1.54, 1.807) is 20.8 Å². The van der Waals surface area contributed by atoms with E-state index in [-0.39, 0.29) is 5.69 Å². The van der Waals surface area contributed by atoms with E-state index in [1.807, 2.05) is 60.7 Å². The van der Waals surface area contributed by atoms with Gasteiger partial charge in [0.1, 0.15) is 5.60 Å². The molecule has 0 saturated carbocycles. The second kappa shape index (κ2) is 11.9. The van der Waals surface area contributed by atoms with Crippen LogP contribution in [0.4, 0.5) is 10.5 Å². The van der Waals surface area contributed by atoms with E-state index < -0.39 is 34.7 Å². The summed E-state index contributed by atoms with van der Waals surface area (Å²) < 4.78 is 10.5. The number of esters is 1. The number of benzene rings is 3. The first kappa shape index (κ1) is 27.1. The second-order valence-corrected chi connectivity index (χ2v) is 9.15. The molecule has 0 aliphatic carbocycles. The molecule has 0 spiro atoms. The number of hydrogen-bond donors (Lipinski definition) is 1. The lowest BCUT2D eigenvalue weighted by Gasteiger charge is -2.27. The molecule has 0 heterocycles. The van der Waals surface area contributed by atoms with Gasteiger partial charge in [0, 0.05) is 23.3 Å². The van der Waals surface area contributed by atoms with E-state index in [2.05, 4.69) is 5.32 Å². The number of amides is 1. The number of hydrogen-bond acceptors (Lipinski definition) is 7. The number of non-ortho nitro benzene ring substituents is 1. The predicted octanol–water partition coefficient (Wildman–Crippen LogP) is 5.24. The zero-order valence-corrected chi connectivity index (χ0v) is 21.1. The quantitative estimate of drug-likeness (QED) is 0.194. The van der Waals surface area contributed by atoms with Gasteiger partial charge in [-0.15, -0.1) is 0 Å². The number of nitro benzene ring substituents is 1. The van der Waals surface area contributed by atoms with Gasteiger partial charge < -0.3 is 14.8 Å². The van der Waals surface area contributed by atoms with Gasteiger partial charge in [0.05, 0.1) is 23.8 Å². The molecule has 0 radical (unpaired) electrons. The van der Waals surface area contributed by atoms with Crippen LogP contribution in [0.25, 0.3) is 0 Å². The summed E-state index contributed by atoms with van der Waals surface area (Å²) in [6, 6.07) is 21.9. The van der Waals surface area contributed by atoms with Crippen molar-refractivity contribution in [3.8, 4) is 0 Å². The Bertz CT molecular complexity index is 1210. The van der Waals surface area contributed by atoms with E-state index in [1.165, 1.54) is 31.4 Å². The van der Waals surface area contributed by atoms with Gasteiger partial charge in [-0.3, -0.25) is 15.1 Å². The van der Waals surface area contributed by atoms with Crippen molar-refractivity contribution in [2.75, 3.05) is 7.11 Å². The first-order chi connectivity index (χ1) is 17.6. The fourth-order valence-electron chi connectivity index (χ4n) is 3.61. The number of aliphatic imine (C=N–C) groups is 1. The van der Waals surface area contributed by atoms with E-state index in [0.29, 0.717) is 11.3 Å². The van der Waals surface area contributed by atoms with Crippen molar-refractivity contribution in [2.24, 2.45) is 4.99 Å². The van der Waals surface area contributed by atoms with Crippen molar-refractivity contribution in [3.05, 3.63) is 112 Å². The molecule has 3 aromatic carbocycles. The van der Waals surface area contributed by atoms with Crippen LogP contribution in [0.15, 0.2) is 89.9 Å². The number of nitrogens with one attached hydrogen (secondary N) is 1. The summed E-state index contributed by atoms with van der Waals surface area (Å²) in [7, 11) is 1.23. The summed E-state index contributed by atoms with van der Waals surface area (Å²) in [4.78, 5) is 41.4. The minimum atomic E-state index is -1.24. The van der Waals surface area contributed by atoms with Gasteiger partial charge >= 0.3 is 12.1 Å². The Morgan fingerprint density at radius 2 is 1.41 bits per heavy atom. The van der Waals surface area contributed by atoms with Crippen LogP contribution in [-0.4, -0.2) is 41.5 Å². The van der Waals surface area contributed by atoms with Crippen molar-refractivity contribution >= 4 is 23.5 Å². The van der Waals surface area contributed by atoms with Gasteiger partial charge in [-0.05, 0) is 26.3 Å². The molecule has 0 aliphatic rings. The van der Waals surface area contributed by atoms with Crippen LogP contribution in [0, 0.1) is 10.1 Å². The standard InChI is InChI=1S/C28H29N3O6/c1-28(2,3)37-27(33)30-24(21-15-17-22(18-16-21)31(34)35)25(26(32)36-4)29-23(19-11-7-5-8-12-19)20-13-9-6-10-14-20/h5-18,24-25H,1-4H3,(H,30,33)/t24-,25+/m0/s1. The topological polar surface area (TPSA) is 120 Å². The Morgan fingerprint density at radius 1 is 0.892 bits per heavy atom. The molecule has 192 valence electrons. The van der Waals surface area contributed by atoms with Crippen LogP contribution in [0.2, 0.25) is 0 Å². The molecule has 9 nitrogen and oxygen atoms in total. The highest BCUT2D eigenvalue weighted by molar-refractivity contribution is 6.13. The molecule has 0 unspecified atom stereocenters. The average Bonchev–Trinajstić information content (AvgIpc) is 2.88. The average molecular weight is 504 g/mol. The van der Waals surface area contributed by atoms with E-state index in [9.17, 15) is 19.7 Å². The Kier molecular flexibility index (Phi) is 8.73. The molecule has 3 rings (SSSR count). The maximum absolute atomic E-state index is 13.1. The molecule has 0 bridgehead atoms. The molecule has 1 N–H and O–H groups in total. The molecule has 37 heavy (non-hydrogen) atoms. The lowest BCUT2D eigenvalue weighted by Crippen LogP contribution is -2.42. The Hall–Kier alpha value is -4.53. The lowest BCUT2D eigenvalue weighted by atomic mass is 9.97. The molecule has 0 aliphatic heterocycles. The number of nitrogens with zero attached hydrogens (tertiary/aromatic N) is 2. The molecule has 2 atom stereocenters. The van der Waals surface area contributed by atoms with Crippen LogP contribution in [-0.2, 0) is 14.3 Å². The SMILES string of the molecule is COC(=O)[C@H](N=C(c1ccccc1)c1ccccc1)[C@@H](NC(=O)OC(C)(C)C)c1ccc([N+](=O)[O-])cc1. The normalized spacial score (nSPS) is 12.5. The molecule has 9 heteroatoms. The smallest absolute Gasteiger partial charge is 0.408 e. The summed E-state index contributed by atoms with van der Waals surface area (Å²) in [5.74, 6) is -0.705. The third-order valence-corrected chi connectivity index (χ3v) is 5.26. The van der Waals surface area contributed by atoms with E-state index in [0.717, 1.165) is 11.1 Å². The van der Waals surface area contributed by atoms with Crippen molar-refractivity contribution in [2.45, 2.75) is 38.5 Å². The molecular weight excluding hydrogens is 474 g/mol. The first-order valence-corrected chi connectivity index (χ1v) is 11.6. The highest BCUT2D eigenvalue weighted by Crippen LogP contribution is 2.26. The summed E-state index contributed by atoms with van der Waals surface area (Å²) in [5.41, 5.74) is 1.50. The number of rotatable bonds is 8. The molecule has 0 aromatic heterocycles. The first-order valence-electron chi connectivity index (χ1n) is 11.6. The van der Waals surface area contributed by atoms with Crippen LogP contribution < -0.4 is 5.32 Å². The zero-order valence-electron chi connectivity index (χ0n) is 21.1. The molecule has 3 aromatic rings. The highest BCUT2D eigenvalue weighted by Gasteiger charge is 2.34. The minimum Gasteiger partial charge on any atom is -0.467 e. The second-order valence-electron chi connectivity index (χ2n) is 9.15. The highest BCUT2D eigenvalue weighted by atomic mass is 16.6. The van der Waals surface area contributed by atoms with Gasteiger partial charge in [0.25, 0.3) is 5.69 Å². The van der Waals surface area contributed by atoms with Gasteiger partial charge in [-0.25, -0.2) is 9.59 Å². The maximum Gasteiger partial charge on any atom is 0.408 e. The predicted molar refractivity (Wildman–Crippen MR) is 140 cm³/mol. The van der Waals surface area contributed by atoms with Gasteiger partial charge in [-0.1, -0.05) is 72.8 Å². The fourth-order valence-corrected chi connectivity index (χ4v) is 3.61. The summed E-state index contributed by atoms with van der Waals surface area (Å²) >= 11 is 0. The van der Waals surface area contributed by atoms with Crippen LogP contribution in [0.3, 0.4) is 0 Å². The van der Waals surface area contributed by atoms with Crippen LogP contribution in [0.5, 0.6) is 0 Å². The van der Waals surface area contributed by atoms with Crippen LogP contribution >= 0.6 is 0 Å². The summed E-state index contributed by atoms with van der Waals surface area (Å²) in [6.45, 7) is 5.14. The number of carbonyl (C=O) groups excluding carboxylic acids is 2. The van der Waals surface area contributed by atoms with Crippen molar-refractivity contribution in [3.63, 3.8) is 0 Å². The van der Waals surface area contributed by atoms with Crippen molar-refractivity contribution in [1.29, 1.82) is 0 Å². The minimum absolute atomic E-state index is 0.132. The van der Waals surface area contributed by atoms with E-state index >= 15 is 0 Å². The molecular formula is C28H29N3O6. The van der Waals surface area contributed by atoms with Crippen molar-refractivity contribution in [1.82, 2.24) is 5.32 Å². The lowest BCUT2D eigenvalue weighted by molar-refractivity contribution is -0.384. The molecule has 0 fully saturated rings. The van der Waals surface area contributed by atoms with Gasteiger partial charge in [0.2, 0.25) is 0 Å². The van der Waals surface area contributed by atoms with Crippen molar-refractivity contribution < 1.29 is 24.0 Å².